The first-order chi connectivity index (χ1) is 35.7. The minimum atomic E-state index is -0.375. The lowest BCUT2D eigenvalue weighted by Gasteiger charge is -2.32. The van der Waals surface area contributed by atoms with Gasteiger partial charge in [-0.05, 0) is 145 Å². The largest absolute Gasteiger partial charge is 0.496 e. The van der Waals surface area contributed by atoms with Crippen molar-refractivity contribution in [1.29, 1.82) is 0 Å². The van der Waals surface area contributed by atoms with E-state index in [-0.39, 0.29) is 18.3 Å². The van der Waals surface area contributed by atoms with Crippen molar-refractivity contribution in [3.63, 3.8) is 0 Å². The van der Waals surface area contributed by atoms with Gasteiger partial charge < -0.3 is 38.6 Å². The van der Waals surface area contributed by atoms with Gasteiger partial charge in [-0.15, -0.1) is 0 Å². The molecule has 10 aromatic rings. The summed E-state index contributed by atoms with van der Waals surface area (Å²) in [5, 5.41) is 4.33. The molecule has 0 unspecified atom stereocenters. The summed E-state index contributed by atoms with van der Waals surface area (Å²) < 4.78 is 24.4. The third-order valence-corrected chi connectivity index (χ3v) is 13.3. The number of hydrogen-bond donors (Lipinski definition) is 2. The van der Waals surface area contributed by atoms with E-state index in [1.807, 2.05) is 113 Å². The standard InChI is InChI=1S/C25H24N6O.C16H27BN2O3.C15H9BrN4/c1-31(2)9-4-10-32-24-7-6-17(14-28-24)19-11-21-20-12-22(18-5-3-8-26-13-18)27-16-23(20)30-25(21)29-15-19;1-15(2)16(3,4)22-17(21-15)13-8-9-14(18-12-13)20-11-7-10-19(5)6;16-10-4-12-11-5-13(9-2-1-3-17-6-9)18-8-14(11)20-15(12)19-7-10/h3,5-8,11-16H,4,9-10H2,1-2H3,(H,29,30);8-9,12H,7,10-11H2,1-6H3;1-8H,(H,19,20). The monoisotopic (exact) mass is 1050 g/mol. The Labute approximate surface area is 439 Å². The van der Waals surface area contributed by atoms with Crippen LogP contribution in [-0.4, -0.2) is 132 Å². The Morgan fingerprint density at radius 1 is 0.527 bits per heavy atom. The molecule has 0 radical (unpaired) electrons. The van der Waals surface area contributed by atoms with Gasteiger partial charge in [0.2, 0.25) is 11.8 Å². The van der Waals surface area contributed by atoms with Gasteiger partial charge in [-0.2, -0.15) is 0 Å². The van der Waals surface area contributed by atoms with Crippen molar-refractivity contribution in [2.75, 3.05) is 54.5 Å². The highest BCUT2D eigenvalue weighted by atomic mass is 79.9. The molecule has 16 nitrogen and oxygen atoms in total. The summed E-state index contributed by atoms with van der Waals surface area (Å²) in [6, 6.07) is 24.0. The first kappa shape index (κ1) is 51.7. The molecule has 0 saturated carbocycles. The van der Waals surface area contributed by atoms with Crippen molar-refractivity contribution < 1.29 is 18.8 Å². The minimum absolute atomic E-state index is 0.334. The van der Waals surface area contributed by atoms with Crippen molar-refractivity contribution in [2.45, 2.75) is 51.7 Å². The van der Waals surface area contributed by atoms with Crippen LogP contribution >= 0.6 is 15.9 Å². The molecule has 1 saturated heterocycles. The second kappa shape index (κ2) is 22.9. The zero-order chi connectivity index (χ0) is 51.8. The number of rotatable bonds is 14. The molecule has 0 aromatic carbocycles. The minimum Gasteiger partial charge on any atom is -0.478 e. The molecule has 2 N–H and O–H groups in total. The number of ether oxygens (including phenoxy) is 2. The number of nitrogens with zero attached hydrogens (tertiary/aromatic N) is 10. The molecule has 10 aromatic heterocycles. The molecule has 18 heteroatoms. The smallest absolute Gasteiger partial charge is 0.478 e. The van der Waals surface area contributed by atoms with Crippen LogP contribution in [-0.2, 0) is 9.31 Å². The van der Waals surface area contributed by atoms with Crippen LogP contribution in [0.15, 0.2) is 139 Å². The number of pyridine rings is 8. The van der Waals surface area contributed by atoms with Gasteiger partial charge in [0.1, 0.15) is 11.3 Å². The lowest BCUT2D eigenvalue weighted by Crippen LogP contribution is -2.41. The van der Waals surface area contributed by atoms with Crippen molar-refractivity contribution in [3.05, 3.63) is 139 Å². The molecule has 11 heterocycles. The maximum Gasteiger partial charge on any atom is 0.496 e. The fraction of sp³-hybridized carbons (Fsp3) is 0.286. The van der Waals surface area contributed by atoms with E-state index in [4.69, 9.17) is 18.8 Å². The van der Waals surface area contributed by atoms with Crippen LogP contribution in [0.5, 0.6) is 11.8 Å². The molecule has 0 aliphatic carbocycles. The Kier molecular flexibility index (Phi) is 16.0. The molecule has 0 amide bonds. The first-order valence-electron chi connectivity index (χ1n) is 24.5. The summed E-state index contributed by atoms with van der Waals surface area (Å²) in [7, 11) is 7.85. The Hall–Kier alpha value is -7.22. The van der Waals surface area contributed by atoms with Crippen molar-refractivity contribution in [3.8, 4) is 45.4 Å². The molecule has 74 heavy (non-hydrogen) atoms. The van der Waals surface area contributed by atoms with Crippen LogP contribution in [0.25, 0.3) is 77.5 Å². The highest BCUT2D eigenvalue weighted by molar-refractivity contribution is 9.10. The Bertz CT molecular complexity index is 3430. The molecular formula is C56H60BBrN12O4. The molecule has 11 rings (SSSR count). The van der Waals surface area contributed by atoms with Crippen LogP contribution < -0.4 is 14.9 Å². The summed E-state index contributed by atoms with van der Waals surface area (Å²) in [5.41, 5.74) is 9.68. The molecule has 1 aliphatic heterocycles. The molecule has 1 aliphatic rings. The number of hydrogen-bond acceptors (Lipinski definition) is 14. The topological polar surface area (TPSA) is 178 Å². The Balaban J connectivity index is 0.000000141. The van der Waals surface area contributed by atoms with E-state index in [0.29, 0.717) is 25.0 Å². The van der Waals surface area contributed by atoms with E-state index in [0.717, 1.165) is 113 Å². The highest BCUT2D eigenvalue weighted by Gasteiger charge is 2.51. The van der Waals surface area contributed by atoms with Crippen LogP contribution in [0.4, 0.5) is 0 Å². The first-order valence-corrected chi connectivity index (χ1v) is 25.3. The van der Waals surface area contributed by atoms with Gasteiger partial charge in [-0.1, -0.05) is 6.07 Å². The van der Waals surface area contributed by atoms with Gasteiger partial charge in [-0.3, -0.25) is 19.9 Å². The number of halogens is 1. The zero-order valence-corrected chi connectivity index (χ0v) is 44.6. The number of nitrogens with one attached hydrogen (secondary N) is 2. The summed E-state index contributed by atoms with van der Waals surface area (Å²) in [6.45, 7) is 11.5. The zero-order valence-electron chi connectivity index (χ0n) is 43.0. The molecule has 0 bridgehead atoms. The molecule has 378 valence electrons. The summed E-state index contributed by atoms with van der Waals surface area (Å²) in [5.74, 6) is 1.28. The summed E-state index contributed by atoms with van der Waals surface area (Å²) >= 11 is 3.46. The predicted molar refractivity (Wildman–Crippen MR) is 297 cm³/mol. The van der Waals surface area contributed by atoms with Crippen LogP contribution in [0.1, 0.15) is 40.5 Å². The van der Waals surface area contributed by atoms with Crippen LogP contribution in [0, 0.1) is 0 Å². The van der Waals surface area contributed by atoms with Gasteiger partial charge in [0.05, 0.1) is 59.2 Å². The van der Waals surface area contributed by atoms with Crippen molar-refractivity contribution in [1.82, 2.24) is 59.6 Å². The van der Waals surface area contributed by atoms with Crippen molar-refractivity contribution >= 4 is 72.4 Å². The average molecular weight is 1060 g/mol. The lowest BCUT2D eigenvalue weighted by atomic mass is 9.80. The predicted octanol–water partition coefficient (Wildman–Crippen LogP) is 10.2. The molecular weight excluding hydrogens is 995 g/mol. The van der Waals surface area contributed by atoms with E-state index in [1.54, 1.807) is 24.8 Å². The maximum absolute atomic E-state index is 6.01. The van der Waals surface area contributed by atoms with Gasteiger partial charge in [0.25, 0.3) is 0 Å². The Morgan fingerprint density at radius 2 is 1.04 bits per heavy atom. The van der Waals surface area contributed by atoms with Crippen LogP contribution in [0.3, 0.4) is 0 Å². The molecule has 0 atom stereocenters. The van der Waals surface area contributed by atoms with E-state index >= 15 is 0 Å². The summed E-state index contributed by atoms with van der Waals surface area (Å²) in [6.07, 6.45) is 20.0. The van der Waals surface area contributed by atoms with E-state index < -0.39 is 0 Å². The highest BCUT2D eigenvalue weighted by Crippen LogP contribution is 2.37. The van der Waals surface area contributed by atoms with E-state index in [1.165, 1.54) is 0 Å². The second-order valence-corrected chi connectivity index (χ2v) is 20.5. The van der Waals surface area contributed by atoms with Gasteiger partial charge in [0, 0.05) is 122 Å². The molecule has 0 spiro atoms. The SMILES string of the molecule is Brc1cnc2[nH]c3cnc(-c4cccnc4)cc3c2c1.CN(C)CCCOc1ccc(-c2cnc3[nH]c4cnc(-c5cccnc5)cc4c3c2)cn1.CN(C)CCCOc1ccc(B2OC(C)(C)C(C)(C)O2)cn1. The third-order valence-electron chi connectivity index (χ3n) is 12.9. The summed E-state index contributed by atoms with van der Waals surface area (Å²) in [4.78, 5) is 46.1. The number of H-pyrrole nitrogens is 2. The quantitative estimate of drug-likeness (QED) is 0.0776. The van der Waals surface area contributed by atoms with Gasteiger partial charge >= 0.3 is 7.12 Å². The van der Waals surface area contributed by atoms with E-state index in [2.05, 4.69) is 128 Å². The van der Waals surface area contributed by atoms with E-state index in [9.17, 15) is 0 Å². The normalized spacial score (nSPS) is 13.9. The van der Waals surface area contributed by atoms with Crippen LogP contribution in [0.2, 0.25) is 0 Å². The maximum atomic E-state index is 6.01. The number of aromatic amines is 2. The van der Waals surface area contributed by atoms with Gasteiger partial charge in [-0.25, -0.2) is 19.9 Å². The fourth-order valence-electron chi connectivity index (χ4n) is 8.17. The molecule has 1 fully saturated rings. The van der Waals surface area contributed by atoms with Crippen molar-refractivity contribution in [2.24, 2.45) is 0 Å². The average Bonchev–Trinajstić information content (AvgIpc) is 4.04. The lowest BCUT2D eigenvalue weighted by molar-refractivity contribution is 0.00578. The number of aromatic nitrogens is 10. The fourth-order valence-corrected chi connectivity index (χ4v) is 8.51. The number of fused-ring (bicyclic) bond motifs is 6. The second-order valence-electron chi connectivity index (χ2n) is 19.5. The Morgan fingerprint density at radius 3 is 1.53 bits per heavy atom. The third kappa shape index (κ3) is 12.4. The van der Waals surface area contributed by atoms with Gasteiger partial charge in [0.15, 0.2) is 0 Å².